The second-order valence-electron chi connectivity index (χ2n) is 4.94. The molecule has 21 heavy (non-hydrogen) atoms. The van der Waals surface area contributed by atoms with Crippen molar-refractivity contribution < 1.29 is 14.3 Å². The van der Waals surface area contributed by atoms with E-state index in [-0.39, 0.29) is 24.4 Å². The van der Waals surface area contributed by atoms with E-state index in [0.29, 0.717) is 26.3 Å². The van der Waals surface area contributed by atoms with Crippen molar-refractivity contribution in [3.63, 3.8) is 0 Å². The zero-order valence-corrected chi connectivity index (χ0v) is 13.3. The number of ether oxygens (including phenoxy) is 2. The Morgan fingerprint density at radius 1 is 1.48 bits per heavy atom. The lowest BCUT2D eigenvalue weighted by atomic mass is 10.2. The second-order valence-corrected chi connectivity index (χ2v) is 4.94. The van der Waals surface area contributed by atoms with Gasteiger partial charge in [-0.3, -0.25) is 4.79 Å². The first-order chi connectivity index (χ1) is 9.68. The minimum atomic E-state index is -0.368. The number of carbonyl (C=O) groups is 1. The zero-order chi connectivity index (χ0) is 14.4. The Balaban J connectivity index is 0.00000220. The molecule has 0 saturated carbocycles. The van der Waals surface area contributed by atoms with Crippen molar-refractivity contribution in [1.82, 2.24) is 10.2 Å². The molecule has 0 aromatic heterocycles. The highest BCUT2D eigenvalue weighted by molar-refractivity contribution is 5.85. The van der Waals surface area contributed by atoms with Gasteiger partial charge in [0.25, 0.3) is 5.91 Å². The number of hydrogen-bond acceptors (Lipinski definition) is 4. The number of likely N-dealkylation sites (N-methyl/N-ethyl adjacent to an activating group) is 1. The van der Waals surface area contributed by atoms with Gasteiger partial charge in [0.15, 0.2) is 0 Å². The Hall–Kier alpha value is -1.30. The summed E-state index contributed by atoms with van der Waals surface area (Å²) in [5.41, 5.74) is 1.10. The maximum atomic E-state index is 12.1. The maximum absolute atomic E-state index is 12.1. The summed E-state index contributed by atoms with van der Waals surface area (Å²) < 4.78 is 11.1. The first-order valence-corrected chi connectivity index (χ1v) is 6.94. The number of carbonyl (C=O) groups excluding carboxylic acids is 1. The van der Waals surface area contributed by atoms with Gasteiger partial charge in [0, 0.05) is 20.1 Å². The number of nitrogens with one attached hydrogen (secondary N) is 1. The molecule has 1 aromatic carbocycles. The summed E-state index contributed by atoms with van der Waals surface area (Å²) in [5.74, 6) is 0.870. The molecule has 1 fully saturated rings. The molecule has 1 aliphatic heterocycles. The van der Waals surface area contributed by atoms with Gasteiger partial charge in [-0.2, -0.15) is 0 Å². The van der Waals surface area contributed by atoms with E-state index in [1.54, 1.807) is 11.9 Å². The van der Waals surface area contributed by atoms with Gasteiger partial charge in [0.2, 0.25) is 0 Å². The Morgan fingerprint density at radius 2 is 2.24 bits per heavy atom. The van der Waals surface area contributed by atoms with Gasteiger partial charge in [-0.05, 0) is 18.6 Å². The summed E-state index contributed by atoms with van der Waals surface area (Å²) in [6.07, 6.45) is -0.368. The summed E-state index contributed by atoms with van der Waals surface area (Å²) >= 11 is 0. The molecule has 2 rings (SSSR count). The summed E-state index contributed by atoms with van der Waals surface area (Å²) in [6.45, 7) is 5.02. The topological polar surface area (TPSA) is 50.8 Å². The third-order valence-corrected chi connectivity index (χ3v) is 3.36. The Bertz CT molecular complexity index is 450. The van der Waals surface area contributed by atoms with Crippen LogP contribution in [0.1, 0.15) is 5.56 Å². The standard InChI is InChI=1S/C15H22N2O3.ClH/c1-12-5-3-4-6-13(12)20-10-8-17(2)15(18)14-11-16-7-9-19-14;/h3-6,14,16H,7-11H2,1-2H3;1H. The fourth-order valence-corrected chi connectivity index (χ4v) is 2.09. The van der Waals surface area contributed by atoms with Crippen molar-refractivity contribution in [1.29, 1.82) is 0 Å². The summed E-state index contributed by atoms with van der Waals surface area (Å²) in [4.78, 5) is 13.8. The average Bonchev–Trinajstić information content (AvgIpc) is 2.49. The van der Waals surface area contributed by atoms with Crippen molar-refractivity contribution in [3.05, 3.63) is 29.8 Å². The molecule has 0 bridgehead atoms. The molecule has 1 atom stereocenters. The molecular formula is C15H23ClN2O3. The monoisotopic (exact) mass is 314 g/mol. The number of rotatable bonds is 5. The highest BCUT2D eigenvalue weighted by Crippen LogP contribution is 2.15. The molecule has 118 valence electrons. The van der Waals surface area contributed by atoms with Crippen LogP contribution in [0, 0.1) is 6.92 Å². The molecular weight excluding hydrogens is 292 g/mol. The van der Waals surface area contributed by atoms with Crippen LogP contribution in [0.2, 0.25) is 0 Å². The van der Waals surface area contributed by atoms with E-state index in [2.05, 4.69) is 5.32 Å². The largest absolute Gasteiger partial charge is 0.491 e. The van der Waals surface area contributed by atoms with Crippen LogP contribution < -0.4 is 10.1 Å². The lowest BCUT2D eigenvalue weighted by Crippen LogP contribution is -2.49. The smallest absolute Gasteiger partial charge is 0.252 e. The molecule has 6 heteroatoms. The van der Waals surface area contributed by atoms with Crippen LogP contribution in [0.4, 0.5) is 0 Å². The fourth-order valence-electron chi connectivity index (χ4n) is 2.09. The van der Waals surface area contributed by atoms with Crippen molar-refractivity contribution >= 4 is 18.3 Å². The van der Waals surface area contributed by atoms with Gasteiger partial charge >= 0.3 is 0 Å². The number of morpholine rings is 1. The van der Waals surface area contributed by atoms with Crippen molar-refractivity contribution in [3.8, 4) is 5.75 Å². The van der Waals surface area contributed by atoms with E-state index in [9.17, 15) is 4.79 Å². The molecule has 1 heterocycles. The van der Waals surface area contributed by atoms with Crippen LogP contribution in [-0.2, 0) is 9.53 Å². The van der Waals surface area contributed by atoms with E-state index in [1.165, 1.54) is 0 Å². The zero-order valence-electron chi connectivity index (χ0n) is 12.5. The molecule has 1 aromatic rings. The fraction of sp³-hybridized carbons (Fsp3) is 0.533. The lowest BCUT2D eigenvalue weighted by Gasteiger charge is -2.27. The number of benzene rings is 1. The number of hydrogen-bond donors (Lipinski definition) is 1. The molecule has 1 aliphatic rings. The Kier molecular flexibility index (Phi) is 7.50. The van der Waals surface area contributed by atoms with Crippen molar-refractivity contribution in [2.24, 2.45) is 0 Å². The Labute approximate surface area is 132 Å². The third-order valence-electron chi connectivity index (χ3n) is 3.36. The normalized spacial score (nSPS) is 17.7. The molecule has 1 unspecified atom stereocenters. The number of aryl methyl sites for hydroxylation is 1. The third kappa shape index (κ3) is 5.19. The maximum Gasteiger partial charge on any atom is 0.252 e. The van der Waals surface area contributed by atoms with Gasteiger partial charge in [0.1, 0.15) is 18.5 Å². The van der Waals surface area contributed by atoms with Crippen LogP contribution in [0.15, 0.2) is 24.3 Å². The minimum absolute atomic E-state index is 0. The molecule has 0 aliphatic carbocycles. The lowest BCUT2D eigenvalue weighted by molar-refractivity contribution is -0.144. The van der Waals surface area contributed by atoms with Crippen molar-refractivity contribution in [2.45, 2.75) is 13.0 Å². The quantitative estimate of drug-likeness (QED) is 0.888. The summed E-state index contributed by atoms with van der Waals surface area (Å²) in [5, 5.41) is 3.16. The van der Waals surface area contributed by atoms with E-state index < -0.39 is 0 Å². The van der Waals surface area contributed by atoms with Crippen molar-refractivity contribution in [2.75, 3.05) is 39.9 Å². The highest BCUT2D eigenvalue weighted by atomic mass is 35.5. The first-order valence-electron chi connectivity index (χ1n) is 6.94. The summed E-state index contributed by atoms with van der Waals surface area (Å²) in [6, 6.07) is 7.86. The predicted molar refractivity (Wildman–Crippen MR) is 84.2 cm³/mol. The molecule has 1 saturated heterocycles. The van der Waals surface area contributed by atoms with Gasteiger partial charge in [0.05, 0.1) is 13.2 Å². The van der Waals surface area contributed by atoms with Gasteiger partial charge in [-0.1, -0.05) is 18.2 Å². The number of halogens is 1. The molecule has 1 amide bonds. The average molecular weight is 315 g/mol. The van der Waals surface area contributed by atoms with E-state index in [1.807, 2.05) is 31.2 Å². The van der Waals surface area contributed by atoms with Gasteiger partial charge < -0.3 is 19.7 Å². The molecule has 0 radical (unpaired) electrons. The van der Waals surface area contributed by atoms with Crippen LogP contribution in [0.5, 0.6) is 5.75 Å². The second kappa shape index (κ2) is 8.87. The predicted octanol–water partition coefficient (Wildman–Crippen LogP) is 1.24. The van der Waals surface area contributed by atoms with E-state index in [0.717, 1.165) is 17.9 Å². The molecule has 5 nitrogen and oxygen atoms in total. The molecule has 0 spiro atoms. The Morgan fingerprint density at radius 3 is 2.90 bits per heavy atom. The van der Waals surface area contributed by atoms with E-state index in [4.69, 9.17) is 9.47 Å². The van der Waals surface area contributed by atoms with Crippen LogP contribution >= 0.6 is 12.4 Å². The minimum Gasteiger partial charge on any atom is -0.491 e. The van der Waals surface area contributed by atoms with Crippen LogP contribution in [0.25, 0.3) is 0 Å². The van der Waals surface area contributed by atoms with Crippen LogP contribution in [0.3, 0.4) is 0 Å². The number of amides is 1. The van der Waals surface area contributed by atoms with Gasteiger partial charge in [-0.15, -0.1) is 12.4 Å². The highest BCUT2D eigenvalue weighted by Gasteiger charge is 2.24. The summed E-state index contributed by atoms with van der Waals surface area (Å²) in [7, 11) is 1.78. The molecule has 1 N–H and O–H groups in total. The van der Waals surface area contributed by atoms with E-state index >= 15 is 0 Å². The van der Waals surface area contributed by atoms with Gasteiger partial charge in [-0.25, -0.2) is 0 Å². The van der Waals surface area contributed by atoms with Crippen LogP contribution in [-0.4, -0.2) is 56.8 Å². The SMILES string of the molecule is Cc1ccccc1OCCN(C)C(=O)C1CNCCO1.Cl. The first kappa shape index (κ1) is 17.8. The number of nitrogens with zero attached hydrogens (tertiary/aromatic N) is 1. The number of para-hydroxylation sites is 1.